The van der Waals surface area contributed by atoms with Crippen molar-refractivity contribution in [2.24, 2.45) is 5.73 Å². The molecule has 9 heteroatoms. The molecule has 0 saturated heterocycles. The number of sulfonamides is 1. The number of aromatic amines is 1. The number of pyridine rings is 1. The Bertz CT molecular complexity index is 1450. The molecule has 0 radical (unpaired) electrons. The first kappa shape index (κ1) is 28.1. The van der Waals surface area contributed by atoms with E-state index in [1.54, 1.807) is 36.4 Å². The molecule has 3 rings (SSSR count). The molecule has 0 aliphatic carbocycles. The molecule has 0 aliphatic rings. The molecule has 3 aromatic rings. The third-order valence-electron chi connectivity index (χ3n) is 6.15. The summed E-state index contributed by atoms with van der Waals surface area (Å²) in [5.74, 6) is 0. The second-order valence-electron chi connectivity index (χ2n) is 9.25. The monoisotopic (exact) mass is 526 g/mol. The highest BCUT2D eigenvalue weighted by Crippen LogP contribution is 2.30. The maximum absolute atomic E-state index is 14.8. The van der Waals surface area contributed by atoms with E-state index >= 15 is 0 Å². The third-order valence-corrected chi connectivity index (χ3v) is 8.14. The minimum Gasteiger partial charge on any atom is -0.405 e. The normalized spacial score (nSPS) is 13.1. The second kappa shape index (κ2) is 11.7. The van der Waals surface area contributed by atoms with Gasteiger partial charge in [-0.15, -0.1) is 0 Å². The van der Waals surface area contributed by atoms with Gasteiger partial charge in [-0.2, -0.15) is 4.31 Å². The van der Waals surface area contributed by atoms with E-state index in [0.717, 1.165) is 16.8 Å². The molecule has 0 spiro atoms. The number of benzene rings is 2. The zero-order chi connectivity index (χ0) is 27.2. The van der Waals surface area contributed by atoms with Crippen LogP contribution in [0, 0.1) is 0 Å². The van der Waals surface area contributed by atoms with Gasteiger partial charge in [-0.3, -0.25) is 4.79 Å². The number of alkyl halides is 1. The smallest absolute Gasteiger partial charge is 0.248 e. The Balaban J connectivity index is 1.78. The van der Waals surface area contributed by atoms with Gasteiger partial charge in [-0.1, -0.05) is 31.2 Å². The topological polar surface area (TPSA) is 108 Å². The number of rotatable bonds is 11. The van der Waals surface area contributed by atoms with Gasteiger partial charge in [-0.25, -0.2) is 12.8 Å². The molecule has 1 aromatic heterocycles. The van der Waals surface area contributed by atoms with Crippen LogP contribution < -0.4 is 16.6 Å². The number of nitrogens with two attached hydrogens (primary N) is 1. The van der Waals surface area contributed by atoms with Gasteiger partial charge in [0.05, 0.1) is 4.90 Å². The molecule has 2 aromatic carbocycles. The van der Waals surface area contributed by atoms with Gasteiger partial charge in [0.2, 0.25) is 15.6 Å². The number of H-pyrrole nitrogens is 1. The molecule has 37 heavy (non-hydrogen) atoms. The summed E-state index contributed by atoms with van der Waals surface area (Å²) >= 11 is 0. The highest BCUT2D eigenvalue weighted by atomic mass is 32.2. The highest BCUT2D eigenvalue weighted by Gasteiger charge is 2.24. The number of aromatic nitrogens is 1. The lowest BCUT2D eigenvalue weighted by atomic mass is 9.94. The molecule has 7 nitrogen and oxygen atoms in total. The van der Waals surface area contributed by atoms with Crippen molar-refractivity contribution in [2.75, 3.05) is 19.6 Å². The number of hydrogen-bond donors (Lipinski definition) is 3. The summed E-state index contributed by atoms with van der Waals surface area (Å²) in [5.41, 5.74) is 6.99. The first-order chi connectivity index (χ1) is 17.5. The number of allylic oxidation sites excluding steroid dienone is 2. The van der Waals surface area contributed by atoms with Gasteiger partial charge in [0.15, 0.2) is 0 Å². The van der Waals surface area contributed by atoms with Crippen LogP contribution in [-0.4, -0.2) is 37.3 Å². The van der Waals surface area contributed by atoms with Crippen LogP contribution in [0.4, 0.5) is 4.39 Å². The van der Waals surface area contributed by atoms with Gasteiger partial charge in [0, 0.05) is 47.9 Å². The van der Waals surface area contributed by atoms with E-state index < -0.39 is 15.7 Å². The average molecular weight is 527 g/mol. The Morgan fingerprint density at radius 2 is 1.81 bits per heavy atom. The minimum absolute atomic E-state index is 0.226. The summed E-state index contributed by atoms with van der Waals surface area (Å²) in [7, 11) is -3.66. The molecule has 0 unspecified atom stereocenters. The first-order valence-corrected chi connectivity index (χ1v) is 13.7. The summed E-state index contributed by atoms with van der Waals surface area (Å²) in [5, 5.41) is 3.82. The van der Waals surface area contributed by atoms with Crippen LogP contribution in [0.25, 0.3) is 10.9 Å². The Morgan fingerprint density at radius 3 is 2.41 bits per heavy atom. The summed E-state index contributed by atoms with van der Waals surface area (Å²) in [6, 6.07) is 13.6. The lowest BCUT2D eigenvalue weighted by Gasteiger charge is -2.21. The molecule has 1 heterocycles. The van der Waals surface area contributed by atoms with Gasteiger partial charge in [0.25, 0.3) is 0 Å². The number of halogens is 1. The van der Waals surface area contributed by atoms with E-state index in [9.17, 15) is 17.6 Å². The largest absolute Gasteiger partial charge is 0.405 e. The Labute approximate surface area is 217 Å². The zero-order valence-corrected chi connectivity index (χ0v) is 22.5. The Kier molecular flexibility index (Phi) is 8.94. The van der Waals surface area contributed by atoms with Gasteiger partial charge < -0.3 is 16.0 Å². The molecule has 0 aliphatic heterocycles. The van der Waals surface area contributed by atoms with Gasteiger partial charge in [0.1, 0.15) is 5.67 Å². The molecule has 0 saturated carbocycles. The van der Waals surface area contributed by atoms with E-state index in [-0.39, 0.29) is 10.5 Å². The molecule has 4 N–H and O–H groups in total. The van der Waals surface area contributed by atoms with Crippen molar-refractivity contribution in [1.82, 2.24) is 14.6 Å². The Hall–Kier alpha value is -3.43. The minimum atomic E-state index is -3.66. The summed E-state index contributed by atoms with van der Waals surface area (Å²) in [4.78, 5) is 14.9. The molecule has 0 atom stereocenters. The van der Waals surface area contributed by atoms with Crippen LogP contribution in [-0.2, 0) is 22.1 Å². The summed E-state index contributed by atoms with van der Waals surface area (Å²) in [6.45, 7) is 7.64. The number of fused-ring (bicyclic) bond motifs is 1. The third kappa shape index (κ3) is 6.87. The second-order valence-corrected chi connectivity index (χ2v) is 11.2. The van der Waals surface area contributed by atoms with E-state index in [1.807, 2.05) is 32.1 Å². The fourth-order valence-corrected chi connectivity index (χ4v) is 5.65. The number of likely N-dealkylation sites (N-methyl/N-ethyl adjacent to an activating group) is 1. The molecule has 0 amide bonds. The number of nitrogens with zero attached hydrogens (tertiary/aromatic N) is 1. The SMILES string of the molecule is C/C=C(\C=C/N)NCCN(CC)S(=O)(=O)c1ccc(Cc2ccc3[nH]c(=O)cc(C(C)(C)F)c3c2)cc1. The maximum Gasteiger partial charge on any atom is 0.248 e. The predicted octanol–water partition coefficient (Wildman–Crippen LogP) is 4.30. The molecular weight excluding hydrogens is 491 g/mol. The predicted molar refractivity (Wildman–Crippen MR) is 147 cm³/mol. The van der Waals surface area contributed by atoms with Crippen LogP contribution in [0.5, 0.6) is 0 Å². The molecule has 0 fully saturated rings. The fourth-order valence-electron chi connectivity index (χ4n) is 4.20. The van der Waals surface area contributed by atoms with Crippen molar-refractivity contribution >= 4 is 20.9 Å². The standard InChI is InChI=1S/C28H35FN4O3S/c1-5-22(13-14-30)31-15-16-33(6-2)37(35,36)23-10-7-20(8-11-23)17-21-9-12-26-24(18-21)25(28(3,4)29)19-27(34)32-26/h5,7-14,18-19,31H,6,15-17,30H2,1-4H3,(H,32,34)/b14-13-,22-5+. The summed E-state index contributed by atoms with van der Waals surface area (Å²) in [6.07, 6.45) is 5.54. The van der Waals surface area contributed by atoms with E-state index in [4.69, 9.17) is 5.73 Å². The summed E-state index contributed by atoms with van der Waals surface area (Å²) < 4.78 is 42.6. The quantitative estimate of drug-likeness (QED) is 0.323. The van der Waals surface area contributed by atoms with Gasteiger partial charge in [-0.05, 0) is 74.9 Å². The lowest BCUT2D eigenvalue weighted by Crippen LogP contribution is -2.36. The zero-order valence-electron chi connectivity index (χ0n) is 21.7. The van der Waals surface area contributed by atoms with Crippen LogP contribution >= 0.6 is 0 Å². The Morgan fingerprint density at radius 1 is 1.14 bits per heavy atom. The number of hydrogen-bond acceptors (Lipinski definition) is 5. The van der Waals surface area contributed by atoms with Crippen molar-refractivity contribution in [3.05, 3.63) is 99.6 Å². The van der Waals surface area contributed by atoms with E-state index in [0.29, 0.717) is 42.5 Å². The van der Waals surface area contributed by atoms with Crippen LogP contribution in [0.15, 0.2) is 82.3 Å². The molecule has 198 valence electrons. The molecule has 0 bridgehead atoms. The van der Waals surface area contributed by atoms with Crippen LogP contribution in [0.2, 0.25) is 0 Å². The maximum atomic E-state index is 14.8. The van der Waals surface area contributed by atoms with E-state index in [1.165, 1.54) is 30.4 Å². The first-order valence-electron chi connectivity index (χ1n) is 12.2. The average Bonchev–Trinajstić information content (AvgIpc) is 2.85. The lowest BCUT2D eigenvalue weighted by molar-refractivity contribution is 0.223. The highest BCUT2D eigenvalue weighted by molar-refractivity contribution is 7.89. The van der Waals surface area contributed by atoms with Crippen LogP contribution in [0.1, 0.15) is 44.4 Å². The fraction of sp³-hybridized carbons (Fsp3) is 0.321. The van der Waals surface area contributed by atoms with Gasteiger partial charge >= 0.3 is 0 Å². The van der Waals surface area contributed by atoms with Crippen molar-refractivity contribution in [1.29, 1.82) is 0 Å². The molecular formula is C28H35FN4O3S. The van der Waals surface area contributed by atoms with Crippen molar-refractivity contribution in [3.8, 4) is 0 Å². The van der Waals surface area contributed by atoms with Crippen LogP contribution in [0.3, 0.4) is 0 Å². The number of nitrogens with one attached hydrogen (secondary N) is 2. The van der Waals surface area contributed by atoms with Crippen molar-refractivity contribution < 1.29 is 12.8 Å². The van der Waals surface area contributed by atoms with E-state index in [2.05, 4.69) is 10.3 Å². The van der Waals surface area contributed by atoms with Crippen molar-refractivity contribution in [2.45, 2.75) is 44.7 Å². The van der Waals surface area contributed by atoms with Crippen molar-refractivity contribution in [3.63, 3.8) is 0 Å².